The van der Waals surface area contributed by atoms with E-state index in [1.807, 2.05) is 32.9 Å². The van der Waals surface area contributed by atoms with Gasteiger partial charge in [0.05, 0.1) is 11.0 Å². The molecule has 2 N–H and O–H groups in total. The zero-order valence-electron chi connectivity index (χ0n) is 29.5. The lowest BCUT2D eigenvalue weighted by Crippen LogP contribution is -2.60. The first kappa shape index (κ1) is 34.6. The number of para-hydroxylation sites is 1. The molecule has 7 rings (SSSR count). The molecule has 268 valence electrons. The summed E-state index contributed by atoms with van der Waals surface area (Å²) in [4.78, 5) is 56.3. The highest BCUT2D eigenvalue weighted by molar-refractivity contribution is 7.97. The van der Waals surface area contributed by atoms with Crippen LogP contribution in [0.3, 0.4) is 0 Å². The largest absolute Gasteiger partial charge is 0.444 e. The molecule has 4 fully saturated rings. The van der Waals surface area contributed by atoms with E-state index < -0.39 is 17.6 Å². The van der Waals surface area contributed by atoms with Crippen LogP contribution in [0.25, 0.3) is 11.0 Å². The van der Waals surface area contributed by atoms with Crippen molar-refractivity contribution in [3.05, 3.63) is 58.5 Å². The van der Waals surface area contributed by atoms with Gasteiger partial charge in [0.2, 0.25) is 11.8 Å². The topological polar surface area (TPSA) is 121 Å². The molecule has 3 aromatic rings. The predicted octanol–water partition coefficient (Wildman–Crippen LogP) is 4.38. The van der Waals surface area contributed by atoms with E-state index in [0.717, 1.165) is 76.0 Å². The number of alkyl carbamates (subject to hydrolysis) is 1. The number of hydrogen-bond acceptors (Lipinski definition) is 9. The van der Waals surface area contributed by atoms with Crippen LogP contribution in [-0.4, -0.2) is 93.2 Å². The number of hydrogen-bond donors (Lipinski definition) is 2. The third kappa shape index (κ3) is 7.31. The molecule has 5 heterocycles. The third-order valence-corrected chi connectivity index (χ3v) is 11.7. The number of rotatable bonds is 7. The number of imide groups is 1. The number of aromatic nitrogens is 2. The third-order valence-electron chi connectivity index (χ3n) is 10.6. The van der Waals surface area contributed by atoms with Crippen molar-refractivity contribution in [2.75, 3.05) is 44.2 Å². The van der Waals surface area contributed by atoms with Crippen molar-refractivity contribution in [1.29, 1.82) is 0 Å². The molecule has 0 aliphatic carbocycles. The number of amides is 3. The first-order valence-corrected chi connectivity index (χ1v) is 18.8. The van der Waals surface area contributed by atoms with Crippen molar-refractivity contribution in [3.63, 3.8) is 0 Å². The average molecular weight is 704 g/mol. The van der Waals surface area contributed by atoms with E-state index in [4.69, 9.17) is 4.74 Å². The van der Waals surface area contributed by atoms with Gasteiger partial charge in [0.15, 0.2) is 0 Å². The molecule has 13 heteroatoms. The number of carbonyl (C=O) groups is 3. The standard InChI is InChI=1S/C37H49N7O5S/c1-37(2,3)49-35(47)38-25-15-19-43(20-16-25)50-28-8-5-7-26(21-28)42-22-27(23-42)41-17-13-24(14-18-41)29-9-6-10-30-33(29)40(4)36(48)44(30)31-11-12-32(45)39-34(31)46/h5-10,21,24-25,27,31H,11-20,22-23H2,1-4H3,(H,38,47)(H,39,45,46). The highest BCUT2D eigenvalue weighted by Gasteiger charge is 2.36. The fourth-order valence-electron chi connectivity index (χ4n) is 7.95. The van der Waals surface area contributed by atoms with Gasteiger partial charge in [-0.05, 0) is 114 Å². The van der Waals surface area contributed by atoms with Gasteiger partial charge in [-0.25, -0.2) is 13.9 Å². The Kier molecular flexibility index (Phi) is 9.75. The second-order valence-electron chi connectivity index (χ2n) is 15.2. The summed E-state index contributed by atoms with van der Waals surface area (Å²) in [6.45, 7) is 11.5. The minimum Gasteiger partial charge on any atom is -0.444 e. The van der Waals surface area contributed by atoms with E-state index in [2.05, 4.69) is 55.1 Å². The number of nitrogens with zero attached hydrogens (tertiary/aromatic N) is 5. The zero-order chi connectivity index (χ0) is 35.2. The highest BCUT2D eigenvalue weighted by atomic mass is 32.2. The van der Waals surface area contributed by atoms with Crippen LogP contribution in [0.1, 0.15) is 76.8 Å². The number of benzene rings is 2. The average Bonchev–Trinajstić information content (AvgIpc) is 3.30. The first-order valence-electron chi connectivity index (χ1n) is 18.0. The number of imidazole rings is 1. The molecule has 50 heavy (non-hydrogen) atoms. The molecule has 1 atom stereocenters. The maximum absolute atomic E-state index is 13.4. The Hall–Kier alpha value is -3.81. The summed E-state index contributed by atoms with van der Waals surface area (Å²) in [7, 11) is 1.79. The molecule has 4 aliphatic heterocycles. The molecule has 4 saturated heterocycles. The second kappa shape index (κ2) is 14.1. The number of likely N-dealkylation sites (tertiary alicyclic amines) is 1. The normalized spacial score (nSPS) is 22.1. The molecule has 12 nitrogen and oxygen atoms in total. The van der Waals surface area contributed by atoms with Crippen LogP contribution in [0, 0.1) is 0 Å². The van der Waals surface area contributed by atoms with Gasteiger partial charge in [-0.2, -0.15) is 0 Å². The summed E-state index contributed by atoms with van der Waals surface area (Å²) >= 11 is 1.80. The van der Waals surface area contributed by atoms with Crippen molar-refractivity contribution in [1.82, 2.24) is 29.0 Å². The van der Waals surface area contributed by atoms with Gasteiger partial charge < -0.3 is 15.0 Å². The van der Waals surface area contributed by atoms with Gasteiger partial charge in [-0.3, -0.25) is 28.9 Å². The Morgan fingerprint density at radius 1 is 0.940 bits per heavy atom. The van der Waals surface area contributed by atoms with Crippen molar-refractivity contribution < 1.29 is 19.1 Å². The molecule has 1 unspecified atom stereocenters. The number of ether oxygens (including phenoxy) is 1. The minimum atomic E-state index is -0.672. The Morgan fingerprint density at radius 3 is 2.36 bits per heavy atom. The van der Waals surface area contributed by atoms with E-state index in [1.54, 1.807) is 28.1 Å². The van der Waals surface area contributed by atoms with Crippen LogP contribution < -0.4 is 21.2 Å². The summed E-state index contributed by atoms with van der Waals surface area (Å²) < 4.78 is 11.1. The maximum atomic E-state index is 13.4. The number of carbonyl (C=O) groups excluding carboxylic acids is 3. The predicted molar refractivity (Wildman–Crippen MR) is 194 cm³/mol. The lowest BCUT2D eigenvalue weighted by molar-refractivity contribution is -0.135. The van der Waals surface area contributed by atoms with Crippen molar-refractivity contribution in [3.8, 4) is 0 Å². The Labute approximate surface area is 297 Å². The van der Waals surface area contributed by atoms with Crippen LogP contribution in [0.5, 0.6) is 0 Å². The molecule has 2 aromatic carbocycles. The number of anilines is 1. The lowest BCUT2D eigenvalue weighted by atomic mass is 9.87. The van der Waals surface area contributed by atoms with Gasteiger partial charge >= 0.3 is 11.8 Å². The second-order valence-corrected chi connectivity index (χ2v) is 16.4. The van der Waals surface area contributed by atoms with Crippen molar-refractivity contribution in [2.24, 2.45) is 7.05 Å². The monoisotopic (exact) mass is 703 g/mol. The van der Waals surface area contributed by atoms with Gasteiger partial charge in [0.1, 0.15) is 11.6 Å². The van der Waals surface area contributed by atoms with Crippen molar-refractivity contribution >= 4 is 46.6 Å². The maximum Gasteiger partial charge on any atom is 0.407 e. The molecule has 0 bridgehead atoms. The fourth-order valence-corrected chi connectivity index (χ4v) is 8.96. The fraction of sp³-hybridized carbons (Fsp3) is 0.568. The summed E-state index contributed by atoms with van der Waals surface area (Å²) in [6, 6.07) is 14.9. The van der Waals surface area contributed by atoms with Crippen LogP contribution in [0.15, 0.2) is 52.2 Å². The lowest BCUT2D eigenvalue weighted by Gasteiger charge is -2.49. The SMILES string of the molecule is Cn1c(=O)n(C2CCC(=O)NC2=O)c2cccc(C3CCN(C4CN(c5cccc(SN6CCC(NC(=O)OC(C)(C)C)CC6)c5)C4)CC3)c21. The molecular weight excluding hydrogens is 655 g/mol. The molecule has 0 radical (unpaired) electrons. The van der Waals surface area contributed by atoms with E-state index in [9.17, 15) is 19.2 Å². The van der Waals surface area contributed by atoms with E-state index in [-0.39, 0.29) is 30.2 Å². The number of nitrogens with one attached hydrogen (secondary N) is 2. The van der Waals surface area contributed by atoms with E-state index in [1.165, 1.54) is 16.1 Å². The molecule has 0 spiro atoms. The van der Waals surface area contributed by atoms with Gasteiger partial charge in [-0.15, -0.1) is 0 Å². The molecule has 1 aromatic heterocycles. The van der Waals surface area contributed by atoms with Crippen LogP contribution in [-0.2, 0) is 21.4 Å². The number of piperidine rings is 3. The van der Waals surface area contributed by atoms with E-state index >= 15 is 0 Å². The van der Waals surface area contributed by atoms with E-state index in [0.29, 0.717) is 18.4 Å². The first-order chi connectivity index (χ1) is 23.9. The molecular formula is C37H49N7O5S. The summed E-state index contributed by atoms with van der Waals surface area (Å²) in [5.41, 5.74) is 3.39. The Bertz CT molecular complexity index is 1810. The van der Waals surface area contributed by atoms with Gasteiger partial charge in [0, 0.05) is 62.3 Å². The zero-order valence-corrected chi connectivity index (χ0v) is 30.3. The Balaban J connectivity index is 0.909. The highest BCUT2D eigenvalue weighted by Crippen LogP contribution is 2.37. The van der Waals surface area contributed by atoms with Gasteiger partial charge in [-0.1, -0.05) is 18.2 Å². The number of fused-ring (bicyclic) bond motifs is 1. The van der Waals surface area contributed by atoms with Crippen LogP contribution >= 0.6 is 11.9 Å². The summed E-state index contributed by atoms with van der Waals surface area (Å²) in [6.07, 6.45) is 4.07. The number of aryl methyl sites for hydroxylation is 1. The van der Waals surface area contributed by atoms with Crippen LogP contribution in [0.4, 0.5) is 10.5 Å². The summed E-state index contributed by atoms with van der Waals surface area (Å²) in [5, 5.41) is 5.43. The molecule has 3 amide bonds. The smallest absolute Gasteiger partial charge is 0.407 e. The quantitative estimate of drug-likeness (QED) is 0.273. The Morgan fingerprint density at radius 2 is 1.66 bits per heavy atom. The molecule has 4 aliphatic rings. The summed E-state index contributed by atoms with van der Waals surface area (Å²) in [5.74, 6) is -0.351. The van der Waals surface area contributed by atoms with Crippen LogP contribution in [0.2, 0.25) is 0 Å². The minimum absolute atomic E-state index is 0.144. The molecule has 0 saturated carbocycles. The van der Waals surface area contributed by atoms with Gasteiger partial charge in [0.25, 0.3) is 0 Å². The van der Waals surface area contributed by atoms with Crippen molar-refractivity contribution in [2.45, 2.75) is 93.8 Å².